The lowest BCUT2D eigenvalue weighted by atomic mass is 9.69. The number of phenolic OH excluding ortho intramolecular Hbond substituents is 1. The van der Waals surface area contributed by atoms with E-state index in [2.05, 4.69) is 39.5 Å². The number of carbonyl (C=O) groups excluding carboxylic acids is 1. The van der Waals surface area contributed by atoms with Crippen molar-refractivity contribution in [1.29, 1.82) is 0 Å². The Morgan fingerprint density at radius 1 is 0.981 bits per heavy atom. The second-order valence-electron chi connectivity index (χ2n) is 15.6. The Morgan fingerprint density at radius 3 is 2.61 bits per heavy atom. The molecule has 9 rings (SSSR count). The molecule has 11 nitrogen and oxygen atoms in total. The second-order valence-corrected chi connectivity index (χ2v) is 15.6. The van der Waals surface area contributed by atoms with Gasteiger partial charge in [-0.1, -0.05) is 55.7 Å². The van der Waals surface area contributed by atoms with Crippen molar-refractivity contribution in [3.05, 3.63) is 110 Å². The molecule has 1 saturated carbocycles. The molecule has 4 aliphatic rings. The number of esters is 1. The number of nitrogens with zero attached hydrogens (tertiary/aromatic N) is 2. The minimum atomic E-state index is -0.881. The minimum Gasteiger partial charge on any atom is -0.506 e. The maximum Gasteiger partial charge on any atom is 0.419 e. The van der Waals surface area contributed by atoms with Gasteiger partial charge in [0.2, 0.25) is 5.56 Å². The largest absolute Gasteiger partial charge is 0.506 e. The number of aromatic amines is 1. The fraction of sp³-hybridized carbons (Fsp3) is 0.465. The number of rotatable bonds is 13. The molecule has 1 aliphatic carbocycles. The summed E-state index contributed by atoms with van der Waals surface area (Å²) in [6.07, 6.45) is 8.84. The highest BCUT2D eigenvalue weighted by Crippen LogP contribution is 2.42. The first-order chi connectivity index (χ1) is 26.3. The predicted octanol–water partition coefficient (Wildman–Crippen LogP) is 5.83. The molecule has 5 aromatic rings. The number of aromatic nitrogens is 2. The number of benzene rings is 3. The van der Waals surface area contributed by atoms with Crippen molar-refractivity contribution in [2.75, 3.05) is 26.2 Å². The van der Waals surface area contributed by atoms with Crippen LogP contribution in [-0.2, 0) is 34.5 Å². The lowest BCUT2D eigenvalue weighted by Crippen LogP contribution is -2.53. The van der Waals surface area contributed by atoms with Crippen molar-refractivity contribution in [2.45, 2.75) is 94.9 Å². The van der Waals surface area contributed by atoms with E-state index in [9.17, 15) is 24.6 Å². The molecular formula is C43H50N4O7. The second kappa shape index (κ2) is 15.6. The van der Waals surface area contributed by atoms with Crippen LogP contribution in [0.5, 0.6) is 5.75 Å². The van der Waals surface area contributed by atoms with E-state index in [-0.39, 0.29) is 35.7 Å². The number of aliphatic hydroxyl groups excluding tert-OH is 1. The molecule has 5 heterocycles. The van der Waals surface area contributed by atoms with Crippen LogP contribution in [0.4, 0.5) is 0 Å². The van der Waals surface area contributed by atoms with E-state index in [0.29, 0.717) is 41.1 Å². The molecule has 3 aromatic carbocycles. The lowest BCUT2D eigenvalue weighted by molar-refractivity contribution is -0.167. The topological polar surface area (TPSA) is 150 Å². The Hall–Kier alpha value is -4.71. The van der Waals surface area contributed by atoms with Crippen LogP contribution in [0.15, 0.2) is 80.7 Å². The summed E-state index contributed by atoms with van der Waals surface area (Å²) in [5.74, 6) is 0.0281. The van der Waals surface area contributed by atoms with Crippen LogP contribution in [0.1, 0.15) is 86.1 Å². The van der Waals surface area contributed by atoms with Gasteiger partial charge in [0.15, 0.2) is 5.58 Å². The van der Waals surface area contributed by atoms with Gasteiger partial charge in [0.25, 0.3) is 0 Å². The molecule has 284 valence electrons. The molecule has 2 aromatic heterocycles. The summed E-state index contributed by atoms with van der Waals surface area (Å²) in [5.41, 5.74) is 4.44. The Labute approximate surface area is 313 Å². The number of hydrogen-bond donors (Lipinski definition) is 4. The normalized spacial score (nSPS) is 21.4. The number of fused-ring (bicyclic) bond motifs is 5. The van der Waals surface area contributed by atoms with Crippen molar-refractivity contribution in [2.24, 2.45) is 5.92 Å². The van der Waals surface area contributed by atoms with E-state index in [4.69, 9.17) is 9.15 Å². The molecule has 0 radical (unpaired) electrons. The fourth-order valence-corrected chi connectivity index (χ4v) is 9.13. The lowest BCUT2D eigenvalue weighted by Gasteiger charge is -2.45. The van der Waals surface area contributed by atoms with E-state index in [0.717, 1.165) is 100 Å². The molecule has 4 N–H and O–H groups in total. The van der Waals surface area contributed by atoms with E-state index in [1.54, 1.807) is 16.7 Å². The van der Waals surface area contributed by atoms with Gasteiger partial charge in [0.05, 0.1) is 22.6 Å². The summed E-state index contributed by atoms with van der Waals surface area (Å²) >= 11 is 0. The van der Waals surface area contributed by atoms with Crippen LogP contribution in [-0.4, -0.2) is 62.9 Å². The molecule has 0 amide bonds. The highest BCUT2D eigenvalue weighted by molar-refractivity contribution is 5.87. The van der Waals surface area contributed by atoms with E-state index >= 15 is 0 Å². The Bertz CT molecular complexity index is 2240. The first-order valence-electron chi connectivity index (χ1n) is 19.7. The van der Waals surface area contributed by atoms with Gasteiger partial charge in [-0.2, -0.15) is 0 Å². The number of phenols is 1. The van der Waals surface area contributed by atoms with Gasteiger partial charge >= 0.3 is 11.7 Å². The van der Waals surface area contributed by atoms with E-state index in [1.165, 1.54) is 17.7 Å². The number of piperidine rings is 3. The van der Waals surface area contributed by atoms with Crippen LogP contribution in [0, 0.1) is 5.92 Å². The van der Waals surface area contributed by atoms with Gasteiger partial charge < -0.3 is 29.7 Å². The molecule has 4 fully saturated rings. The summed E-state index contributed by atoms with van der Waals surface area (Å²) in [6.45, 7) is 4.33. The molecule has 0 spiro atoms. The van der Waals surface area contributed by atoms with Gasteiger partial charge in [0, 0.05) is 37.6 Å². The summed E-state index contributed by atoms with van der Waals surface area (Å²) in [4.78, 5) is 43.7. The standard InChI is InChI=1S/C43H50N4O7/c48-35-14-11-32(33-12-15-39(50)45-40(33)35)36(49)26-44-25-29-10-13-34-37(24-29)54-42(52)47(34)20-5-2-7-28-8-6-9-31(23-28)43(18-3-1-4-19-43)41(51)53-38-27-46-21-16-30(38)17-22-46/h6,8-15,23-24,30,36,38,44,48-49H,1-5,7,16-22,25-27H2,(H,45,50)/t36-,38+/m0/s1. The third kappa shape index (κ3) is 7.37. The van der Waals surface area contributed by atoms with Gasteiger partial charge in [-0.05, 0) is 110 Å². The Kier molecular flexibility index (Phi) is 10.5. The number of hydrogen-bond acceptors (Lipinski definition) is 9. The first kappa shape index (κ1) is 36.3. The molecule has 2 atom stereocenters. The number of aromatic hydroxyl groups is 1. The summed E-state index contributed by atoms with van der Waals surface area (Å²) in [6, 6.07) is 20.3. The summed E-state index contributed by atoms with van der Waals surface area (Å²) < 4.78 is 13.7. The zero-order valence-electron chi connectivity index (χ0n) is 30.7. The molecule has 11 heteroatoms. The third-order valence-electron chi connectivity index (χ3n) is 12.2. The maximum atomic E-state index is 14.0. The first-order valence-corrected chi connectivity index (χ1v) is 19.7. The SMILES string of the molecule is O=C(O[C@@H]1CN2CCC1CC2)C1(c2cccc(CCCCn3c(=O)oc4cc(CNC[C@H](O)c5ccc(O)c6[nH]c(=O)ccc56)ccc43)c2)CCCCC1. The Balaban J connectivity index is 0.863. The van der Waals surface area contributed by atoms with Crippen molar-refractivity contribution in [1.82, 2.24) is 19.8 Å². The average Bonchev–Trinajstić information content (AvgIpc) is 3.51. The molecule has 0 unspecified atom stereocenters. The molecule has 2 bridgehead atoms. The fourth-order valence-electron chi connectivity index (χ4n) is 9.13. The number of carbonyl (C=O) groups is 1. The molecule has 54 heavy (non-hydrogen) atoms. The highest BCUT2D eigenvalue weighted by atomic mass is 16.5. The maximum absolute atomic E-state index is 14.0. The molecule has 3 saturated heterocycles. The molecular weight excluding hydrogens is 684 g/mol. The zero-order chi connectivity index (χ0) is 37.2. The van der Waals surface area contributed by atoms with Crippen LogP contribution in [0.25, 0.3) is 22.0 Å². The van der Waals surface area contributed by atoms with Gasteiger partial charge in [0.1, 0.15) is 11.9 Å². The zero-order valence-corrected chi connectivity index (χ0v) is 30.7. The van der Waals surface area contributed by atoms with Crippen molar-refractivity contribution in [3.8, 4) is 5.75 Å². The number of oxazole rings is 1. The number of H-pyrrole nitrogens is 1. The van der Waals surface area contributed by atoms with Gasteiger partial charge in [-0.15, -0.1) is 0 Å². The summed E-state index contributed by atoms with van der Waals surface area (Å²) in [7, 11) is 0. The van der Waals surface area contributed by atoms with Crippen LogP contribution in [0.3, 0.4) is 0 Å². The Morgan fingerprint density at radius 2 is 1.81 bits per heavy atom. The van der Waals surface area contributed by atoms with Crippen LogP contribution >= 0.6 is 0 Å². The van der Waals surface area contributed by atoms with Gasteiger partial charge in [-0.25, -0.2) is 4.79 Å². The van der Waals surface area contributed by atoms with Crippen molar-refractivity contribution < 1.29 is 24.2 Å². The van der Waals surface area contributed by atoms with Crippen molar-refractivity contribution in [3.63, 3.8) is 0 Å². The number of unbranched alkanes of at least 4 members (excludes halogenated alkanes) is 1. The van der Waals surface area contributed by atoms with Crippen LogP contribution in [0.2, 0.25) is 0 Å². The summed E-state index contributed by atoms with van der Waals surface area (Å²) in [5, 5.41) is 24.9. The minimum absolute atomic E-state index is 0.0150. The number of ether oxygens (including phenoxy) is 1. The number of aliphatic hydroxyl groups is 1. The van der Waals surface area contributed by atoms with Crippen LogP contribution < -0.4 is 16.6 Å². The van der Waals surface area contributed by atoms with Gasteiger partial charge in [-0.3, -0.25) is 19.1 Å². The number of pyridine rings is 1. The van der Waals surface area contributed by atoms with E-state index in [1.807, 2.05) is 18.2 Å². The monoisotopic (exact) mass is 734 g/mol. The molecule has 3 aliphatic heterocycles. The number of aryl methyl sites for hydroxylation is 2. The van der Waals surface area contributed by atoms with Crippen molar-refractivity contribution >= 4 is 28.0 Å². The smallest absolute Gasteiger partial charge is 0.419 e. The quantitative estimate of drug-likeness (QED) is 0.0867. The number of nitrogens with one attached hydrogen (secondary N) is 2. The average molecular weight is 735 g/mol. The van der Waals surface area contributed by atoms with E-state index < -0.39 is 11.5 Å². The predicted molar refractivity (Wildman–Crippen MR) is 207 cm³/mol. The highest BCUT2D eigenvalue weighted by Gasteiger charge is 2.46. The third-order valence-corrected chi connectivity index (χ3v) is 12.2.